The first-order chi connectivity index (χ1) is 11.9. The molecule has 132 valence electrons. The fourth-order valence-corrected chi connectivity index (χ4v) is 2.38. The molecule has 3 rings (SSSR count). The zero-order valence-corrected chi connectivity index (χ0v) is 15.0. The number of aryl methyl sites for hydroxylation is 3. The van der Waals surface area contributed by atoms with Crippen LogP contribution in [0.15, 0.2) is 24.3 Å². The first-order valence-electron chi connectivity index (χ1n) is 8.28. The summed E-state index contributed by atoms with van der Waals surface area (Å²) in [5.41, 5.74) is 1.41. The molecule has 8 heteroatoms. The van der Waals surface area contributed by atoms with Crippen LogP contribution < -0.4 is 4.74 Å². The number of benzene rings is 1. The third kappa shape index (κ3) is 4.40. The van der Waals surface area contributed by atoms with Gasteiger partial charge in [-0.2, -0.15) is 5.10 Å². The van der Waals surface area contributed by atoms with E-state index in [1.54, 1.807) is 4.68 Å². The highest BCUT2D eigenvalue weighted by Crippen LogP contribution is 2.24. The number of aromatic nitrogens is 7. The molecule has 2 aromatic heterocycles. The molecule has 0 spiro atoms. The van der Waals surface area contributed by atoms with Gasteiger partial charge in [0.15, 0.2) is 11.6 Å². The number of aromatic amines is 1. The molecule has 1 N–H and O–H groups in total. The Morgan fingerprint density at radius 3 is 2.56 bits per heavy atom. The molecule has 0 saturated heterocycles. The summed E-state index contributed by atoms with van der Waals surface area (Å²) in [6.45, 7) is 9.43. The first-order valence-corrected chi connectivity index (χ1v) is 8.28. The van der Waals surface area contributed by atoms with E-state index in [0.717, 1.165) is 17.4 Å². The highest BCUT2D eigenvalue weighted by molar-refractivity contribution is 5.31. The van der Waals surface area contributed by atoms with Gasteiger partial charge in [-0.05, 0) is 40.5 Å². The molecular weight excluding hydrogens is 318 g/mol. The fourth-order valence-electron chi connectivity index (χ4n) is 2.38. The van der Waals surface area contributed by atoms with E-state index in [9.17, 15) is 0 Å². The number of H-pyrrole nitrogens is 1. The molecule has 8 nitrogen and oxygen atoms in total. The Balaban J connectivity index is 1.52. The van der Waals surface area contributed by atoms with E-state index in [1.165, 1.54) is 5.56 Å². The Hall–Kier alpha value is -2.77. The largest absolute Gasteiger partial charge is 0.486 e. The van der Waals surface area contributed by atoms with Crippen molar-refractivity contribution in [2.45, 2.75) is 52.7 Å². The lowest BCUT2D eigenvalue weighted by Crippen LogP contribution is -2.10. The second-order valence-corrected chi connectivity index (χ2v) is 6.96. The number of nitrogens with zero attached hydrogens (tertiary/aromatic N) is 6. The molecule has 0 atom stereocenters. The van der Waals surface area contributed by atoms with Crippen LogP contribution in [0.5, 0.6) is 5.75 Å². The quantitative estimate of drug-likeness (QED) is 0.739. The van der Waals surface area contributed by atoms with Gasteiger partial charge in [0, 0.05) is 6.42 Å². The standard InChI is InChI=1S/C17H23N7O/c1-12-19-22-23-24(12)10-9-15-18-16(21-20-15)11-25-14-7-5-13(6-8-14)17(2,3)4/h5-8H,9-11H2,1-4H3,(H,18,20,21). The summed E-state index contributed by atoms with van der Waals surface area (Å²) in [6, 6.07) is 8.15. The monoisotopic (exact) mass is 341 g/mol. The highest BCUT2D eigenvalue weighted by Gasteiger charge is 2.13. The number of hydrogen-bond donors (Lipinski definition) is 1. The van der Waals surface area contributed by atoms with Gasteiger partial charge in [-0.25, -0.2) is 9.67 Å². The van der Waals surface area contributed by atoms with Crippen molar-refractivity contribution in [1.29, 1.82) is 0 Å². The minimum atomic E-state index is 0.135. The van der Waals surface area contributed by atoms with Gasteiger partial charge in [-0.1, -0.05) is 32.9 Å². The summed E-state index contributed by atoms with van der Waals surface area (Å²) in [7, 11) is 0. The molecule has 0 amide bonds. The van der Waals surface area contributed by atoms with Crippen molar-refractivity contribution < 1.29 is 4.74 Å². The minimum absolute atomic E-state index is 0.135. The predicted molar refractivity (Wildman–Crippen MR) is 92.1 cm³/mol. The number of nitrogens with one attached hydrogen (secondary N) is 1. The van der Waals surface area contributed by atoms with Crippen molar-refractivity contribution in [3.8, 4) is 5.75 Å². The maximum Gasteiger partial charge on any atom is 0.162 e. The normalized spacial score (nSPS) is 11.7. The Kier molecular flexibility index (Phi) is 4.78. The summed E-state index contributed by atoms with van der Waals surface area (Å²) >= 11 is 0. The van der Waals surface area contributed by atoms with Gasteiger partial charge >= 0.3 is 0 Å². The van der Waals surface area contributed by atoms with Crippen molar-refractivity contribution in [1.82, 2.24) is 35.4 Å². The van der Waals surface area contributed by atoms with Gasteiger partial charge in [0.2, 0.25) is 0 Å². The third-order valence-corrected chi connectivity index (χ3v) is 3.93. The Bertz CT molecular complexity index is 814. The average molecular weight is 341 g/mol. The van der Waals surface area contributed by atoms with Gasteiger partial charge in [-0.15, -0.1) is 5.10 Å². The van der Waals surface area contributed by atoms with Crippen LogP contribution in [0, 0.1) is 6.92 Å². The lowest BCUT2D eigenvalue weighted by atomic mass is 9.87. The van der Waals surface area contributed by atoms with Crippen LogP contribution in [-0.2, 0) is 25.0 Å². The molecule has 0 unspecified atom stereocenters. The van der Waals surface area contributed by atoms with Crippen LogP contribution in [0.1, 0.15) is 43.8 Å². The zero-order valence-electron chi connectivity index (χ0n) is 15.0. The molecule has 0 saturated carbocycles. The molecule has 1 aromatic carbocycles. The summed E-state index contributed by atoms with van der Waals surface area (Å²) < 4.78 is 7.50. The van der Waals surface area contributed by atoms with Crippen LogP contribution in [0.2, 0.25) is 0 Å². The van der Waals surface area contributed by atoms with Gasteiger partial charge in [0.05, 0.1) is 6.54 Å². The van der Waals surface area contributed by atoms with Crippen LogP contribution in [0.4, 0.5) is 0 Å². The van der Waals surface area contributed by atoms with Crippen LogP contribution in [0.25, 0.3) is 0 Å². The summed E-state index contributed by atoms with van der Waals surface area (Å²) in [6.07, 6.45) is 0.655. The maximum absolute atomic E-state index is 5.77. The minimum Gasteiger partial charge on any atom is -0.486 e. The van der Waals surface area contributed by atoms with Gasteiger partial charge in [0.1, 0.15) is 18.2 Å². The van der Waals surface area contributed by atoms with Gasteiger partial charge in [-0.3, -0.25) is 5.10 Å². The van der Waals surface area contributed by atoms with Crippen molar-refractivity contribution in [2.24, 2.45) is 0 Å². The van der Waals surface area contributed by atoms with Crippen molar-refractivity contribution in [2.75, 3.05) is 0 Å². The molecule has 0 aliphatic heterocycles. The molecular formula is C17H23N7O. The van der Waals surface area contributed by atoms with Crippen LogP contribution >= 0.6 is 0 Å². The number of rotatable bonds is 6. The average Bonchev–Trinajstić information content (AvgIpc) is 3.19. The van der Waals surface area contributed by atoms with E-state index in [0.29, 0.717) is 25.4 Å². The van der Waals surface area contributed by atoms with E-state index in [4.69, 9.17) is 4.74 Å². The van der Waals surface area contributed by atoms with E-state index in [2.05, 4.69) is 63.6 Å². The van der Waals surface area contributed by atoms with Crippen molar-refractivity contribution in [3.63, 3.8) is 0 Å². The Morgan fingerprint density at radius 1 is 1.16 bits per heavy atom. The molecule has 0 aliphatic carbocycles. The maximum atomic E-state index is 5.77. The SMILES string of the molecule is Cc1nnnn1CCc1n[nH]c(COc2ccc(C(C)(C)C)cc2)n1. The Morgan fingerprint density at radius 2 is 1.92 bits per heavy atom. The number of hydrogen-bond acceptors (Lipinski definition) is 6. The van der Waals surface area contributed by atoms with Crippen LogP contribution in [-0.4, -0.2) is 35.4 Å². The predicted octanol–water partition coefficient (Wildman–Crippen LogP) is 2.22. The molecule has 0 bridgehead atoms. The number of tetrazole rings is 1. The third-order valence-electron chi connectivity index (χ3n) is 3.93. The second-order valence-electron chi connectivity index (χ2n) is 6.96. The summed E-state index contributed by atoms with van der Waals surface area (Å²) in [5, 5.41) is 18.5. The molecule has 0 fully saturated rings. The van der Waals surface area contributed by atoms with Gasteiger partial charge in [0.25, 0.3) is 0 Å². The highest BCUT2D eigenvalue weighted by atomic mass is 16.5. The van der Waals surface area contributed by atoms with E-state index in [-0.39, 0.29) is 5.41 Å². The van der Waals surface area contributed by atoms with E-state index >= 15 is 0 Å². The fraction of sp³-hybridized carbons (Fsp3) is 0.471. The molecule has 3 aromatic rings. The lowest BCUT2D eigenvalue weighted by molar-refractivity contribution is 0.296. The zero-order chi connectivity index (χ0) is 17.9. The smallest absolute Gasteiger partial charge is 0.162 e. The van der Waals surface area contributed by atoms with Gasteiger partial charge < -0.3 is 4.74 Å². The van der Waals surface area contributed by atoms with E-state index in [1.807, 2.05) is 19.1 Å². The van der Waals surface area contributed by atoms with Crippen molar-refractivity contribution >= 4 is 0 Å². The summed E-state index contributed by atoms with van der Waals surface area (Å²) in [4.78, 5) is 4.44. The topological polar surface area (TPSA) is 94.4 Å². The first kappa shape index (κ1) is 17.1. The van der Waals surface area contributed by atoms with E-state index < -0.39 is 0 Å². The molecule has 0 aliphatic rings. The number of ether oxygens (including phenoxy) is 1. The molecule has 25 heavy (non-hydrogen) atoms. The lowest BCUT2D eigenvalue weighted by Gasteiger charge is -2.19. The van der Waals surface area contributed by atoms with Crippen LogP contribution in [0.3, 0.4) is 0 Å². The van der Waals surface area contributed by atoms with Crippen molar-refractivity contribution in [3.05, 3.63) is 47.3 Å². The second kappa shape index (κ2) is 7.00. The molecule has 2 heterocycles. The molecule has 0 radical (unpaired) electrons. The Labute approximate surface area is 146 Å². The summed E-state index contributed by atoms with van der Waals surface area (Å²) in [5.74, 6) is 3.01.